The summed E-state index contributed by atoms with van der Waals surface area (Å²) in [6.07, 6.45) is 3.30. The summed E-state index contributed by atoms with van der Waals surface area (Å²) in [7, 11) is 3.51. The maximum atomic E-state index is 13.2. The van der Waals surface area contributed by atoms with Crippen LogP contribution in [0.4, 0.5) is 5.69 Å². The van der Waals surface area contributed by atoms with Gasteiger partial charge in [0.15, 0.2) is 11.5 Å². The van der Waals surface area contributed by atoms with Crippen LogP contribution in [0.25, 0.3) is 22.4 Å². The molecule has 4 rings (SSSR count). The molecule has 3 heterocycles. The second kappa shape index (κ2) is 8.08. The summed E-state index contributed by atoms with van der Waals surface area (Å²) in [5.41, 5.74) is 2.85. The van der Waals surface area contributed by atoms with Gasteiger partial charge in [-0.3, -0.25) is 9.36 Å². The monoisotopic (exact) mass is 452 g/mol. The number of anilines is 1. The van der Waals surface area contributed by atoms with Gasteiger partial charge in [0.25, 0.3) is 5.56 Å². The molecule has 0 unspecified atom stereocenters. The third-order valence-electron chi connectivity index (χ3n) is 5.30. The van der Waals surface area contributed by atoms with Crippen molar-refractivity contribution in [3.63, 3.8) is 0 Å². The average Bonchev–Trinajstić information content (AvgIpc) is 3.17. The van der Waals surface area contributed by atoms with Gasteiger partial charge in [-0.2, -0.15) is 0 Å². The van der Waals surface area contributed by atoms with Gasteiger partial charge in [0, 0.05) is 19.7 Å². The number of rotatable bonds is 5. The zero-order chi connectivity index (χ0) is 23.2. The van der Waals surface area contributed by atoms with Crippen molar-refractivity contribution < 1.29 is 9.90 Å². The lowest BCUT2D eigenvalue weighted by Crippen LogP contribution is -2.22. The first-order chi connectivity index (χ1) is 15.2. The van der Waals surface area contributed by atoms with Crippen LogP contribution >= 0.6 is 11.6 Å². The molecule has 0 aliphatic carbocycles. The molecule has 3 aromatic heterocycles. The van der Waals surface area contributed by atoms with Crippen LogP contribution in [0.1, 0.15) is 34.6 Å². The van der Waals surface area contributed by atoms with Crippen molar-refractivity contribution in [1.82, 2.24) is 24.1 Å². The van der Waals surface area contributed by atoms with Gasteiger partial charge in [0.2, 0.25) is 0 Å². The first-order valence-corrected chi connectivity index (χ1v) is 10.2. The predicted octanol–water partition coefficient (Wildman–Crippen LogP) is 3.56. The van der Waals surface area contributed by atoms with Gasteiger partial charge in [-0.05, 0) is 37.6 Å². The Morgan fingerprint density at radius 1 is 1.22 bits per heavy atom. The standard InChI is InChI=1S/C22H21ClN6O3/c1-11-7-13(12(2)25-15-5-6-17(23)26-19(15)22(31)32)18-14(8-11)21(30)29(4)20(27-18)16-9-24-10-28(16)3/h5-10,12,25H,1-4H3,(H,31,32)/t12-/m1/s1. The summed E-state index contributed by atoms with van der Waals surface area (Å²) < 4.78 is 3.30. The van der Waals surface area contributed by atoms with Crippen molar-refractivity contribution in [3.05, 3.63) is 69.1 Å². The molecule has 1 aromatic carbocycles. The molecule has 32 heavy (non-hydrogen) atoms. The van der Waals surface area contributed by atoms with E-state index in [1.54, 1.807) is 36.3 Å². The number of fused-ring (bicyclic) bond motifs is 1. The van der Waals surface area contributed by atoms with Crippen LogP contribution in [0, 0.1) is 6.92 Å². The van der Waals surface area contributed by atoms with Gasteiger partial charge in [0.05, 0.1) is 35.2 Å². The Morgan fingerprint density at radius 2 is 1.97 bits per heavy atom. The van der Waals surface area contributed by atoms with Crippen molar-refractivity contribution in [2.75, 3.05) is 5.32 Å². The number of nitrogens with one attached hydrogen (secondary N) is 1. The fraction of sp³-hybridized carbons (Fsp3) is 0.227. The lowest BCUT2D eigenvalue weighted by Gasteiger charge is -2.20. The Balaban J connectivity index is 1.89. The minimum absolute atomic E-state index is 0.0904. The maximum absolute atomic E-state index is 13.2. The van der Waals surface area contributed by atoms with Crippen molar-refractivity contribution in [1.29, 1.82) is 0 Å². The van der Waals surface area contributed by atoms with Gasteiger partial charge in [-0.15, -0.1) is 0 Å². The Bertz CT molecular complexity index is 1430. The van der Waals surface area contributed by atoms with Crippen molar-refractivity contribution >= 4 is 34.2 Å². The highest BCUT2D eigenvalue weighted by Crippen LogP contribution is 2.29. The normalized spacial score (nSPS) is 12.2. The Labute approximate surface area is 188 Å². The fourth-order valence-corrected chi connectivity index (χ4v) is 3.86. The van der Waals surface area contributed by atoms with Crippen molar-refractivity contribution in [3.8, 4) is 11.5 Å². The number of carboxylic acids is 1. The van der Waals surface area contributed by atoms with E-state index in [4.69, 9.17) is 16.6 Å². The first kappa shape index (κ1) is 21.5. The van der Waals surface area contributed by atoms with E-state index in [2.05, 4.69) is 15.3 Å². The number of halogens is 1. The SMILES string of the molecule is Cc1cc([C@@H](C)Nc2ccc(Cl)nc2C(=O)O)c2nc(-c3cncn3C)n(C)c(=O)c2c1. The summed E-state index contributed by atoms with van der Waals surface area (Å²) in [6.45, 7) is 3.77. The van der Waals surface area contributed by atoms with E-state index in [0.717, 1.165) is 11.1 Å². The predicted molar refractivity (Wildman–Crippen MR) is 122 cm³/mol. The maximum Gasteiger partial charge on any atom is 0.356 e. The lowest BCUT2D eigenvalue weighted by molar-refractivity contribution is 0.0691. The molecule has 0 spiro atoms. The second-order valence-electron chi connectivity index (χ2n) is 7.64. The van der Waals surface area contributed by atoms with E-state index in [-0.39, 0.29) is 22.4 Å². The van der Waals surface area contributed by atoms with Gasteiger partial charge in [0.1, 0.15) is 10.8 Å². The minimum atomic E-state index is -1.19. The number of aromatic carboxylic acids is 1. The molecule has 4 aromatic rings. The zero-order valence-corrected chi connectivity index (χ0v) is 18.7. The highest BCUT2D eigenvalue weighted by Gasteiger charge is 2.20. The quantitative estimate of drug-likeness (QED) is 0.445. The van der Waals surface area contributed by atoms with Gasteiger partial charge >= 0.3 is 5.97 Å². The van der Waals surface area contributed by atoms with Gasteiger partial charge < -0.3 is 15.0 Å². The first-order valence-electron chi connectivity index (χ1n) is 9.81. The molecule has 9 nitrogen and oxygen atoms in total. The smallest absolute Gasteiger partial charge is 0.356 e. The largest absolute Gasteiger partial charge is 0.476 e. The molecule has 1 atom stereocenters. The number of imidazole rings is 1. The number of hydrogen-bond donors (Lipinski definition) is 2. The molecule has 10 heteroatoms. The molecule has 0 aliphatic heterocycles. The van der Waals surface area contributed by atoms with Crippen molar-refractivity contribution in [2.45, 2.75) is 19.9 Å². The number of hydrogen-bond acceptors (Lipinski definition) is 6. The van der Waals surface area contributed by atoms with E-state index in [1.165, 1.54) is 10.6 Å². The Morgan fingerprint density at radius 3 is 2.62 bits per heavy atom. The minimum Gasteiger partial charge on any atom is -0.476 e. The van der Waals surface area contributed by atoms with Crippen LogP contribution in [-0.2, 0) is 14.1 Å². The van der Waals surface area contributed by atoms with E-state index < -0.39 is 5.97 Å². The summed E-state index contributed by atoms with van der Waals surface area (Å²) in [4.78, 5) is 37.7. The molecule has 0 bridgehead atoms. The Kier molecular flexibility index (Phi) is 5.43. The number of aryl methyl sites for hydroxylation is 2. The van der Waals surface area contributed by atoms with Crippen LogP contribution in [0.3, 0.4) is 0 Å². The number of carbonyl (C=O) groups is 1. The van der Waals surface area contributed by atoms with E-state index >= 15 is 0 Å². The van der Waals surface area contributed by atoms with Crippen LogP contribution < -0.4 is 10.9 Å². The molecule has 0 amide bonds. The molecule has 0 saturated carbocycles. The summed E-state index contributed by atoms with van der Waals surface area (Å²) in [6, 6.07) is 6.45. The van der Waals surface area contributed by atoms with Crippen LogP contribution in [0.5, 0.6) is 0 Å². The van der Waals surface area contributed by atoms with E-state index in [9.17, 15) is 14.7 Å². The molecule has 0 radical (unpaired) electrons. The molecule has 0 aliphatic rings. The second-order valence-corrected chi connectivity index (χ2v) is 8.03. The van der Waals surface area contributed by atoms with Gasteiger partial charge in [-0.1, -0.05) is 17.7 Å². The molecular formula is C22H21ClN6O3. The number of pyridine rings is 1. The fourth-order valence-electron chi connectivity index (χ4n) is 3.71. The topological polar surface area (TPSA) is 115 Å². The summed E-state index contributed by atoms with van der Waals surface area (Å²) in [5.74, 6) is -0.707. The van der Waals surface area contributed by atoms with Crippen LogP contribution in [0.15, 0.2) is 41.6 Å². The van der Waals surface area contributed by atoms with E-state index in [0.29, 0.717) is 28.1 Å². The third kappa shape index (κ3) is 3.71. The molecule has 2 N–H and O–H groups in total. The average molecular weight is 453 g/mol. The van der Waals surface area contributed by atoms with E-state index in [1.807, 2.05) is 27.0 Å². The third-order valence-corrected chi connectivity index (χ3v) is 5.51. The molecular weight excluding hydrogens is 432 g/mol. The molecule has 164 valence electrons. The molecule has 0 fully saturated rings. The summed E-state index contributed by atoms with van der Waals surface area (Å²) in [5, 5.41) is 13.3. The lowest BCUT2D eigenvalue weighted by atomic mass is 10.0. The highest BCUT2D eigenvalue weighted by atomic mass is 35.5. The number of benzene rings is 1. The van der Waals surface area contributed by atoms with Crippen LogP contribution in [-0.4, -0.2) is 35.2 Å². The Hall–Kier alpha value is -3.72. The van der Waals surface area contributed by atoms with Crippen molar-refractivity contribution in [2.24, 2.45) is 14.1 Å². The zero-order valence-electron chi connectivity index (χ0n) is 17.9. The highest BCUT2D eigenvalue weighted by molar-refractivity contribution is 6.29. The number of carboxylic acid groups (broad SMARTS) is 1. The van der Waals surface area contributed by atoms with Crippen LogP contribution in [0.2, 0.25) is 5.15 Å². The molecule has 0 saturated heterocycles. The number of nitrogens with zero attached hydrogens (tertiary/aromatic N) is 5. The number of aromatic nitrogens is 5. The summed E-state index contributed by atoms with van der Waals surface area (Å²) >= 11 is 5.87. The van der Waals surface area contributed by atoms with Gasteiger partial charge in [-0.25, -0.2) is 19.7 Å².